The quantitative estimate of drug-likeness (QED) is 0.917. The molecule has 23 heavy (non-hydrogen) atoms. The SMILES string of the molecule is Cc1nc2scc(C(=O)O)c2c(=O)n1CC(=O)N1CCCCC1. The summed E-state index contributed by atoms with van der Waals surface area (Å²) in [5, 5.41) is 10.7. The zero-order valence-corrected chi connectivity index (χ0v) is 13.6. The lowest BCUT2D eigenvalue weighted by Gasteiger charge is -2.27. The zero-order valence-electron chi connectivity index (χ0n) is 12.7. The number of aryl methyl sites for hydroxylation is 1. The topological polar surface area (TPSA) is 92.5 Å². The molecule has 0 radical (unpaired) electrons. The molecular formula is C15H17N3O4S. The van der Waals surface area contributed by atoms with Crippen molar-refractivity contribution in [3.63, 3.8) is 0 Å². The monoisotopic (exact) mass is 335 g/mol. The molecule has 0 unspecified atom stereocenters. The van der Waals surface area contributed by atoms with E-state index >= 15 is 0 Å². The first-order chi connectivity index (χ1) is 11.0. The molecule has 1 amide bonds. The molecule has 1 aliphatic heterocycles. The van der Waals surface area contributed by atoms with Crippen LogP contribution in [0.15, 0.2) is 10.2 Å². The summed E-state index contributed by atoms with van der Waals surface area (Å²) in [7, 11) is 0. The van der Waals surface area contributed by atoms with E-state index < -0.39 is 11.5 Å². The number of carbonyl (C=O) groups excluding carboxylic acids is 1. The average Bonchev–Trinajstić information content (AvgIpc) is 2.96. The van der Waals surface area contributed by atoms with E-state index in [2.05, 4.69) is 4.98 Å². The van der Waals surface area contributed by atoms with Gasteiger partial charge in [0.2, 0.25) is 5.91 Å². The third kappa shape index (κ3) is 2.86. The number of aromatic carboxylic acids is 1. The number of hydrogen-bond donors (Lipinski definition) is 1. The van der Waals surface area contributed by atoms with Crippen LogP contribution in [0.2, 0.25) is 0 Å². The fourth-order valence-electron chi connectivity index (χ4n) is 2.85. The highest BCUT2D eigenvalue weighted by molar-refractivity contribution is 7.17. The number of likely N-dealkylation sites (tertiary alicyclic amines) is 1. The van der Waals surface area contributed by atoms with Gasteiger partial charge in [0.25, 0.3) is 5.56 Å². The molecule has 3 rings (SSSR count). The third-order valence-corrected chi connectivity index (χ3v) is 4.99. The summed E-state index contributed by atoms with van der Waals surface area (Å²) in [6, 6.07) is 0. The fourth-order valence-corrected chi connectivity index (χ4v) is 3.80. The average molecular weight is 335 g/mol. The van der Waals surface area contributed by atoms with Gasteiger partial charge in [-0.05, 0) is 26.2 Å². The number of nitrogens with zero attached hydrogens (tertiary/aromatic N) is 3. The summed E-state index contributed by atoms with van der Waals surface area (Å²) < 4.78 is 1.28. The smallest absolute Gasteiger partial charge is 0.337 e. The lowest BCUT2D eigenvalue weighted by Crippen LogP contribution is -2.40. The Morgan fingerprint density at radius 3 is 2.65 bits per heavy atom. The molecular weight excluding hydrogens is 318 g/mol. The number of aromatic nitrogens is 2. The van der Waals surface area contributed by atoms with Crippen molar-refractivity contribution >= 4 is 33.4 Å². The van der Waals surface area contributed by atoms with Crippen LogP contribution in [0.4, 0.5) is 0 Å². The first-order valence-electron chi connectivity index (χ1n) is 7.48. The second-order valence-corrected chi connectivity index (χ2v) is 6.48. The first-order valence-corrected chi connectivity index (χ1v) is 8.36. The maximum absolute atomic E-state index is 12.6. The Morgan fingerprint density at radius 2 is 2.00 bits per heavy atom. The van der Waals surface area contributed by atoms with Crippen molar-refractivity contribution in [1.29, 1.82) is 0 Å². The van der Waals surface area contributed by atoms with Gasteiger partial charge >= 0.3 is 5.97 Å². The van der Waals surface area contributed by atoms with Crippen molar-refractivity contribution in [2.75, 3.05) is 13.1 Å². The van der Waals surface area contributed by atoms with Gasteiger partial charge in [-0.25, -0.2) is 9.78 Å². The number of amides is 1. The summed E-state index contributed by atoms with van der Waals surface area (Å²) in [6.45, 7) is 2.98. The molecule has 1 fully saturated rings. The minimum Gasteiger partial charge on any atom is -0.478 e. The Balaban J connectivity index is 2.00. The lowest BCUT2D eigenvalue weighted by molar-refractivity contribution is -0.132. The van der Waals surface area contributed by atoms with E-state index in [1.54, 1.807) is 11.8 Å². The fraction of sp³-hybridized carbons (Fsp3) is 0.467. The highest BCUT2D eigenvalue weighted by atomic mass is 32.1. The second-order valence-electron chi connectivity index (χ2n) is 5.63. The van der Waals surface area contributed by atoms with Crippen LogP contribution in [0.5, 0.6) is 0 Å². The van der Waals surface area contributed by atoms with Crippen molar-refractivity contribution in [1.82, 2.24) is 14.5 Å². The van der Waals surface area contributed by atoms with Crippen LogP contribution in [-0.2, 0) is 11.3 Å². The van der Waals surface area contributed by atoms with Crippen molar-refractivity contribution < 1.29 is 14.7 Å². The summed E-state index contributed by atoms with van der Waals surface area (Å²) >= 11 is 1.13. The number of fused-ring (bicyclic) bond motifs is 1. The van der Waals surface area contributed by atoms with Gasteiger partial charge in [-0.3, -0.25) is 14.2 Å². The summed E-state index contributed by atoms with van der Waals surface area (Å²) in [6.07, 6.45) is 3.07. The number of thiophene rings is 1. The molecule has 122 valence electrons. The molecule has 1 N–H and O–H groups in total. The van der Waals surface area contributed by atoms with E-state index in [1.807, 2.05) is 0 Å². The Bertz CT molecular complexity index is 833. The highest BCUT2D eigenvalue weighted by Crippen LogP contribution is 2.21. The minimum atomic E-state index is -1.16. The highest BCUT2D eigenvalue weighted by Gasteiger charge is 2.22. The predicted molar refractivity (Wildman–Crippen MR) is 86.0 cm³/mol. The van der Waals surface area contributed by atoms with Crippen molar-refractivity contribution in [3.05, 3.63) is 27.1 Å². The van der Waals surface area contributed by atoms with Crippen molar-refractivity contribution in [2.24, 2.45) is 0 Å². The van der Waals surface area contributed by atoms with Gasteiger partial charge in [0.15, 0.2) is 0 Å². The van der Waals surface area contributed by atoms with Gasteiger partial charge in [0.1, 0.15) is 17.2 Å². The molecule has 1 saturated heterocycles. The van der Waals surface area contributed by atoms with Crippen LogP contribution in [0, 0.1) is 6.92 Å². The van der Waals surface area contributed by atoms with Gasteiger partial charge in [-0.1, -0.05) is 0 Å². The van der Waals surface area contributed by atoms with Crippen molar-refractivity contribution in [3.8, 4) is 0 Å². The normalized spacial score (nSPS) is 15.1. The number of piperidine rings is 1. The molecule has 2 aromatic rings. The Morgan fingerprint density at radius 1 is 1.30 bits per heavy atom. The summed E-state index contributed by atoms with van der Waals surface area (Å²) in [5.41, 5.74) is -0.516. The molecule has 0 saturated carbocycles. The van der Waals surface area contributed by atoms with Gasteiger partial charge in [-0.2, -0.15) is 0 Å². The number of rotatable bonds is 3. The Kier molecular flexibility index (Phi) is 4.16. The molecule has 2 aromatic heterocycles. The standard InChI is InChI=1S/C15H17N3O4S/c1-9-16-13-12(10(8-23-13)15(21)22)14(20)18(9)7-11(19)17-5-3-2-4-6-17/h8H,2-7H2,1H3,(H,21,22). The molecule has 0 bridgehead atoms. The molecule has 0 spiro atoms. The minimum absolute atomic E-state index is 0.0540. The van der Waals surface area contributed by atoms with Crippen LogP contribution >= 0.6 is 11.3 Å². The molecule has 8 heteroatoms. The number of carbonyl (C=O) groups is 2. The number of carboxylic acid groups (broad SMARTS) is 1. The van der Waals surface area contributed by atoms with E-state index in [9.17, 15) is 19.5 Å². The van der Waals surface area contributed by atoms with Crippen LogP contribution in [-0.4, -0.2) is 44.5 Å². The lowest BCUT2D eigenvalue weighted by atomic mass is 10.1. The third-order valence-electron chi connectivity index (χ3n) is 4.12. The Hall–Kier alpha value is -2.22. The summed E-state index contributed by atoms with van der Waals surface area (Å²) in [5.74, 6) is -0.859. The molecule has 1 aliphatic rings. The molecule has 0 aromatic carbocycles. The number of hydrogen-bond acceptors (Lipinski definition) is 5. The molecule has 0 aliphatic carbocycles. The Labute approximate surface area is 136 Å². The van der Waals surface area contributed by atoms with Crippen LogP contribution in [0.3, 0.4) is 0 Å². The van der Waals surface area contributed by atoms with Gasteiger partial charge in [0, 0.05) is 18.5 Å². The van der Waals surface area contributed by atoms with E-state index in [1.165, 1.54) is 9.95 Å². The largest absolute Gasteiger partial charge is 0.478 e. The van der Waals surface area contributed by atoms with E-state index in [0.29, 0.717) is 23.7 Å². The van der Waals surface area contributed by atoms with Gasteiger partial charge in [-0.15, -0.1) is 11.3 Å². The van der Waals surface area contributed by atoms with Crippen LogP contribution in [0.1, 0.15) is 35.4 Å². The van der Waals surface area contributed by atoms with E-state index in [0.717, 1.165) is 30.6 Å². The maximum atomic E-state index is 12.6. The van der Waals surface area contributed by atoms with Crippen molar-refractivity contribution in [2.45, 2.75) is 32.7 Å². The number of carboxylic acids is 1. The molecule has 7 nitrogen and oxygen atoms in total. The zero-order chi connectivity index (χ0) is 16.6. The van der Waals surface area contributed by atoms with Gasteiger partial charge in [0.05, 0.1) is 10.9 Å². The first kappa shape index (κ1) is 15.7. The van der Waals surface area contributed by atoms with E-state index in [4.69, 9.17) is 0 Å². The second kappa shape index (κ2) is 6.11. The van der Waals surface area contributed by atoms with Gasteiger partial charge < -0.3 is 10.0 Å². The maximum Gasteiger partial charge on any atom is 0.337 e. The van der Waals surface area contributed by atoms with Crippen LogP contribution < -0.4 is 5.56 Å². The molecule has 0 atom stereocenters. The van der Waals surface area contributed by atoms with E-state index in [-0.39, 0.29) is 23.4 Å². The van der Waals surface area contributed by atoms with Crippen LogP contribution in [0.25, 0.3) is 10.2 Å². The predicted octanol–water partition coefficient (Wildman–Crippen LogP) is 1.48. The molecule has 3 heterocycles. The summed E-state index contributed by atoms with van der Waals surface area (Å²) in [4.78, 5) is 42.7.